The first-order chi connectivity index (χ1) is 10.8. The Hall–Kier alpha value is -3.08. The molecule has 0 aliphatic carbocycles. The Morgan fingerprint density at radius 3 is 2.77 bits per heavy atom. The number of furan rings is 2. The summed E-state index contributed by atoms with van der Waals surface area (Å²) in [5, 5.41) is 2.81. The highest BCUT2D eigenvalue weighted by molar-refractivity contribution is 5.91. The lowest BCUT2D eigenvalue weighted by Gasteiger charge is -2.06. The van der Waals surface area contributed by atoms with Crippen molar-refractivity contribution in [3.05, 3.63) is 72.5 Å². The highest BCUT2D eigenvalue weighted by Crippen LogP contribution is 2.21. The van der Waals surface area contributed by atoms with Crippen LogP contribution in [0.15, 0.2) is 70.0 Å². The third kappa shape index (κ3) is 3.32. The van der Waals surface area contributed by atoms with E-state index in [0.717, 1.165) is 11.3 Å². The van der Waals surface area contributed by atoms with Crippen molar-refractivity contribution in [1.82, 2.24) is 10.3 Å². The number of carbonyl (C=O) groups excluding carboxylic acids is 1. The fraction of sp³-hybridized carbons (Fsp3) is 0.0588. The molecule has 1 N–H and O–H groups in total. The molecule has 0 saturated heterocycles. The fourth-order valence-corrected chi connectivity index (χ4v) is 2.00. The number of hydrogen-bond donors (Lipinski definition) is 1. The minimum absolute atomic E-state index is 0.203. The summed E-state index contributed by atoms with van der Waals surface area (Å²) in [6.45, 7) is 0.366. The van der Waals surface area contributed by atoms with E-state index in [-0.39, 0.29) is 5.91 Å². The SMILES string of the molecule is O=C(/C=C/c1ccco1)NCc1cccnc1-c1ccco1. The maximum Gasteiger partial charge on any atom is 0.244 e. The lowest BCUT2D eigenvalue weighted by molar-refractivity contribution is -0.116. The number of nitrogens with zero attached hydrogens (tertiary/aromatic N) is 1. The first-order valence-corrected chi connectivity index (χ1v) is 6.80. The number of carbonyl (C=O) groups is 1. The molecule has 0 fully saturated rings. The molecule has 110 valence electrons. The Bertz CT molecular complexity index is 759. The van der Waals surface area contributed by atoms with E-state index in [0.29, 0.717) is 18.1 Å². The van der Waals surface area contributed by atoms with Gasteiger partial charge < -0.3 is 14.2 Å². The van der Waals surface area contributed by atoms with Gasteiger partial charge in [0.1, 0.15) is 11.5 Å². The predicted octanol–water partition coefficient (Wildman–Crippen LogP) is 3.26. The third-order valence-electron chi connectivity index (χ3n) is 3.04. The first-order valence-electron chi connectivity index (χ1n) is 6.80. The molecule has 0 aromatic carbocycles. The molecule has 0 saturated carbocycles. The lowest BCUT2D eigenvalue weighted by Crippen LogP contribution is -2.20. The number of amides is 1. The number of hydrogen-bond acceptors (Lipinski definition) is 4. The highest BCUT2D eigenvalue weighted by Gasteiger charge is 2.09. The molecule has 3 aromatic rings. The monoisotopic (exact) mass is 294 g/mol. The van der Waals surface area contributed by atoms with Crippen LogP contribution in [0, 0.1) is 0 Å². The third-order valence-corrected chi connectivity index (χ3v) is 3.04. The molecule has 0 radical (unpaired) electrons. The van der Waals surface area contributed by atoms with Crippen molar-refractivity contribution in [3.63, 3.8) is 0 Å². The summed E-state index contributed by atoms with van der Waals surface area (Å²) in [7, 11) is 0. The average molecular weight is 294 g/mol. The van der Waals surface area contributed by atoms with Crippen LogP contribution in [0.5, 0.6) is 0 Å². The molecular formula is C17H14N2O3. The smallest absolute Gasteiger partial charge is 0.244 e. The van der Waals surface area contributed by atoms with Gasteiger partial charge in [0.2, 0.25) is 5.91 Å². The average Bonchev–Trinajstić information content (AvgIpc) is 3.24. The minimum atomic E-state index is -0.203. The van der Waals surface area contributed by atoms with E-state index in [2.05, 4.69) is 10.3 Å². The largest absolute Gasteiger partial charge is 0.465 e. The van der Waals surface area contributed by atoms with Crippen molar-refractivity contribution in [2.75, 3.05) is 0 Å². The van der Waals surface area contributed by atoms with Gasteiger partial charge in [0.15, 0.2) is 5.76 Å². The summed E-state index contributed by atoms with van der Waals surface area (Å²) >= 11 is 0. The van der Waals surface area contributed by atoms with Gasteiger partial charge in [0.25, 0.3) is 0 Å². The van der Waals surface area contributed by atoms with Crippen LogP contribution in [-0.2, 0) is 11.3 Å². The molecular weight excluding hydrogens is 280 g/mol. The van der Waals surface area contributed by atoms with Gasteiger partial charge in [-0.2, -0.15) is 0 Å². The second kappa shape index (κ2) is 6.58. The van der Waals surface area contributed by atoms with Crippen LogP contribution in [-0.4, -0.2) is 10.9 Å². The molecule has 3 rings (SSSR count). The van der Waals surface area contributed by atoms with E-state index in [9.17, 15) is 4.79 Å². The van der Waals surface area contributed by atoms with E-state index in [4.69, 9.17) is 8.83 Å². The van der Waals surface area contributed by atoms with Gasteiger partial charge in [-0.25, -0.2) is 0 Å². The Morgan fingerprint density at radius 2 is 2.00 bits per heavy atom. The molecule has 0 spiro atoms. The van der Waals surface area contributed by atoms with E-state index < -0.39 is 0 Å². The minimum Gasteiger partial charge on any atom is -0.465 e. The van der Waals surface area contributed by atoms with Crippen molar-refractivity contribution in [2.24, 2.45) is 0 Å². The quantitative estimate of drug-likeness (QED) is 0.733. The van der Waals surface area contributed by atoms with Crippen LogP contribution in [0.4, 0.5) is 0 Å². The number of aromatic nitrogens is 1. The fourth-order valence-electron chi connectivity index (χ4n) is 2.00. The number of rotatable bonds is 5. The van der Waals surface area contributed by atoms with Gasteiger partial charge in [0, 0.05) is 24.4 Å². The Labute approximate surface area is 127 Å². The van der Waals surface area contributed by atoms with E-state index in [1.165, 1.54) is 6.08 Å². The maximum atomic E-state index is 11.8. The summed E-state index contributed by atoms with van der Waals surface area (Å²) in [4.78, 5) is 16.1. The zero-order chi connectivity index (χ0) is 15.2. The molecule has 1 amide bonds. The van der Waals surface area contributed by atoms with Gasteiger partial charge >= 0.3 is 0 Å². The summed E-state index contributed by atoms with van der Waals surface area (Å²) < 4.78 is 10.5. The van der Waals surface area contributed by atoms with Gasteiger partial charge in [-0.3, -0.25) is 9.78 Å². The molecule has 0 bridgehead atoms. The standard InChI is InChI=1S/C17H14N2O3/c20-16(8-7-14-5-2-10-21-14)19-12-13-4-1-9-18-17(13)15-6-3-11-22-15/h1-11H,12H2,(H,19,20)/b8-7+. The summed E-state index contributed by atoms with van der Waals surface area (Å²) in [5.74, 6) is 1.11. The Morgan fingerprint density at radius 1 is 1.14 bits per heavy atom. The Balaban J connectivity index is 1.66. The van der Waals surface area contributed by atoms with Crippen molar-refractivity contribution in [2.45, 2.75) is 6.54 Å². The van der Waals surface area contributed by atoms with Gasteiger partial charge in [-0.05, 0) is 36.4 Å². The van der Waals surface area contributed by atoms with E-state index in [1.807, 2.05) is 18.2 Å². The topological polar surface area (TPSA) is 68.3 Å². The molecule has 0 aliphatic heterocycles. The second-order valence-electron chi connectivity index (χ2n) is 4.55. The number of nitrogens with one attached hydrogen (secondary N) is 1. The van der Waals surface area contributed by atoms with Crippen molar-refractivity contribution in [3.8, 4) is 11.5 Å². The molecule has 0 unspecified atom stereocenters. The van der Waals surface area contributed by atoms with Crippen LogP contribution in [0.25, 0.3) is 17.5 Å². The molecule has 0 aliphatic rings. The summed E-state index contributed by atoms with van der Waals surface area (Å²) in [6.07, 6.45) is 7.90. The maximum absolute atomic E-state index is 11.8. The van der Waals surface area contributed by atoms with Gasteiger partial charge in [-0.15, -0.1) is 0 Å². The van der Waals surface area contributed by atoms with Crippen molar-refractivity contribution >= 4 is 12.0 Å². The van der Waals surface area contributed by atoms with E-state index in [1.54, 1.807) is 43.0 Å². The van der Waals surface area contributed by atoms with Crippen LogP contribution < -0.4 is 5.32 Å². The second-order valence-corrected chi connectivity index (χ2v) is 4.55. The van der Waals surface area contributed by atoms with E-state index >= 15 is 0 Å². The van der Waals surface area contributed by atoms with Crippen molar-refractivity contribution in [1.29, 1.82) is 0 Å². The molecule has 3 heterocycles. The van der Waals surface area contributed by atoms with Crippen LogP contribution in [0.3, 0.4) is 0 Å². The first kappa shape index (κ1) is 13.9. The molecule has 22 heavy (non-hydrogen) atoms. The zero-order valence-corrected chi connectivity index (χ0v) is 11.7. The summed E-state index contributed by atoms with van der Waals surface area (Å²) in [5.41, 5.74) is 1.61. The Kier molecular flexibility index (Phi) is 4.15. The summed E-state index contributed by atoms with van der Waals surface area (Å²) in [6, 6.07) is 10.9. The highest BCUT2D eigenvalue weighted by atomic mass is 16.3. The zero-order valence-electron chi connectivity index (χ0n) is 11.7. The van der Waals surface area contributed by atoms with Crippen LogP contribution in [0.1, 0.15) is 11.3 Å². The molecule has 5 heteroatoms. The van der Waals surface area contributed by atoms with Gasteiger partial charge in [0.05, 0.1) is 12.5 Å². The predicted molar refractivity (Wildman–Crippen MR) is 81.5 cm³/mol. The number of pyridine rings is 1. The van der Waals surface area contributed by atoms with Crippen molar-refractivity contribution < 1.29 is 13.6 Å². The van der Waals surface area contributed by atoms with Gasteiger partial charge in [-0.1, -0.05) is 6.07 Å². The molecule has 3 aromatic heterocycles. The normalized spacial score (nSPS) is 10.9. The van der Waals surface area contributed by atoms with Crippen LogP contribution in [0.2, 0.25) is 0 Å². The lowest BCUT2D eigenvalue weighted by atomic mass is 10.1. The molecule has 5 nitrogen and oxygen atoms in total. The molecule has 0 atom stereocenters. The van der Waals surface area contributed by atoms with Crippen LogP contribution >= 0.6 is 0 Å².